The second kappa shape index (κ2) is 6.76. The summed E-state index contributed by atoms with van der Waals surface area (Å²) in [5.41, 5.74) is 4.60. The van der Waals surface area contributed by atoms with Crippen molar-refractivity contribution in [2.24, 2.45) is 0 Å². The number of aryl methyl sites for hydroxylation is 1. The lowest BCUT2D eigenvalue weighted by Gasteiger charge is -2.12. The fourth-order valence-corrected chi connectivity index (χ4v) is 2.48. The number of nitrogens with zero attached hydrogens (tertiary/aromatic N) is 2. The monoisotopic (exact) mass is 299 g/mol. The quantitative estimate of drug-likeness (QED) is 0.769. The van der Waals surface area contributed by atoms with Crippen molar-refractivity contribution in [2.75, 3.05) is 5.32 Å². The van der Waals surface area contributed by atoms with E-state index in [4.69, 9.17) is 0 Å². The van der Waals surface area contributed by atoms with Crippen LogP contribution in [0.1, 0.15) is 16.7 Å². The van der Waals surface area contributed by atoms with Gasteiger partial charge in [0.25, 0.3) is 0 Å². The Morgan fingerprint density at radius 2 is 1.65 bits per heavy atom. The summed E-state index contributed by atoms with van der Waals surface area (Å²) in [6.07, 6.45) is 0. The molecule has 2 aromatic carbocycles. The molecule has 0 unspecified atom stereocenters. The lowest BCUT2D eigenvalue weighted by Crippen LogP contribution is -2.05. The third-order valence-electron chi connectivity index (χ3n) is 3.70. The van der Waals surface area contributed by atoms with Gasteiger partial charge in [-0.15, -0.1) is 0 Å². The molecule has 3 nitrogen and oxygen atoms in total. The SMILES string of the molecule is Cc1cc(-c2ccccc2)nc(NCc2ccccc2)c1C#N. The van der Waals surface area contributed by atoms with Crippen LogP contribution in [0, 0.1) is 18.3 Å². The molecule has 0 aliphatic carbocycles. The molecular formula is C20H17N3. The molecule has 0 atom stereocenters. The first-order valence-electron chi connectivity index (χ1n) is 7.53. The van der Waals surface area contributed by atoms with E-state index in [9.17, 15) is 5.26 Å². The van der Waals surface area contributed by atoms with Crippen LogP contribution >= 0.6 is 0 Å². The zero-order chi connectivity index (χ0) is 16.1. The predicted molar refractivity (Wildman–Crippen MR) is 92.9 cm³/mol. The molecule has 0 fully saturated rings. The van der Waals surface area contributed by atoms with Gasteiger partial charge in [-0.3, -0.25) is 0 Å². The lowest BCUT2D eigenvalue weighted by molar-refractivity contribution is 1.10. The van der Waals surface area contributed by atoms with E-state index in [-0.39, 0.29) is 0 Å². The summed E-state index contributed by atoms with van der Waals surface area (Å²) >= 11 is 0. The molecule has 0 aliphatic rings. The molecule has 0 saturated carbocycles. The van der Waals surface area contributed by atoms with Crippen LogP contribution in [0.3, 0.4) is 0 Å². The van der Waals surface area contributed by atoms with Crippen molar-refractivity contribution >= 4 is 5.82 Å². The number of nitrogens with one attached hydrogen (secondary N) is 1. The summed E-state index contributed by atoms with van der Waals surface area (Å²) in [5.74, 6) is 0.634. The molecule has 1 N–H and O–H groups in total. The zero-order valence-electron chi connectivity index (χ0n) is 13.0. The molecule has 1 aromatic heterocycles. The van der Waals surface area contributed by atoms with Gasteiger partial charge in [-0.05, 0) is 24.1 Å². The number of rotatable bonds is 4. The topological polar surface area (TPSA) is 48.7 Å². The minimum Gasteiger partial charge on any atom is -0.365 e. The third kappa shape index (κ3) is 3.38. The van der Waals surface area contributed by atoms with Crippen molar-refractivity contribution in [2.45, 2.75) is 13.5 Å². The van der Waals surface area contributed by atoms with Crippen molar-refractivity contribution < 1.29 is 0 Å². The van der Waals surface area contributed by atoms with E-state index in [2.05, 4.69) is 16.4 Å². The second-order valence-electron chi connectivity index (χ2n) is 5.36. The minimum atomic E-state index is 0.598. The molecule has 3 heteroatoms. The Labute approximate surface area is 136 Å². The average Bonchev–Trinajstić information content (AvgIpc) is 2.61. The first kappa shape index (κ1) is 14.8. The molecule has 0 bridgehead atoms. The highest BCUT2D eigenvalue weighted by Gasteiger charge is 2.11. The number of pyridine rings is 1. The Morgan fingerprint density at radius 1 is 1.00 bits per heavy atom. The van der Waals surface area contributed by atoms with Gasteiger partial charge in [-0.1, -0.05) is 60.7 Å². The Morgan fingerprint density at radius 3 is 2.30 bits per heavy atom. The molecule has 3 aromatic rings. The standard InChI is InChI=1S/C20H17N3/c1-15-12-19(17-10-6-3-7-11-17)23-20(18(15)13-21)22-14-16-8-4-2-5-9-16/h2-12H,14H2,1H3,(H,22,23). The molecule has 3 rings (SSSR count). The van der Waals surface area contributed by atoms with E-state index in [0.29, 0.717) is 17.9 Å². The second-order valence-corrected chi connectivity index (χ2v) is 5.36. The Hall–Kier alpha value is -3.12. The number of hydrogen-bond acceptors (Lipinski definition) is 3. The van der Waals surface area contributed by atoms with Gasteiger partial charge in [-0.25, -0.2) is 4.98 Å². The van der Waals surface area contributed by atoms with Gasteiger partial charge >= 0.3 is 0 Å². The Balaban J connectivity index is 1.94. The van der Waals surface area contributed by atoms with Crippen LogP contribution in [-0.2, 0) is 6.54 Å². The van der Waals surface area contributed by atoms with Crippen LogP contribution in [-0.4, -0.2) is 4.98 Å². The van der Waals surface area contributed by atoms with E-state index in [0.717, 1.165) is 22.4 Å². The zero-order valence-corrected chi connectivity index (χ0v) is 13.0. The fourth-order valence-electron chi connectivity index (χ4n) is 2.48. The van der Waals surface area contributed by atoms with E-state index < -0.39 is 0 Å². The van der Waals surface area contributed by atoms with E-state index in [1.54, 1.807) is 0 Å². The third-order valence-corrected chi connectivity index (χ3v) is 3.70. The van der Waals surface area contributed by atoms with Gasteiger partial charge in [0.05, 0.1) is 11.3 Å². The minimum absolute atomic E-state index is 0.598. The normalized spacial score (nSPS) is 10.1. The van der Waals surface area contributed by atoms with Crippen molar-refractivity contribution in [3.63, 3.8) is 0 Å². The smallest absolute Gasteiger partial charge is 0.145 e. The highest BCUT2D eigenvalue weighted by molar-refractivity contribution is 5.67. The molecule has 0 radical (unpaired) electrons. The maximum Gasteiger partial charge on any atom is 0.145 e. The number of anilines is 1. The number of benzene rings is 2. The Bertz CT molecular complexity index is 834. The molecule has 1 heterocycles. The molecule has 112 valence electrons. The maximum absolute atomic E-state index is 9.43. The highest BCUT2D eigenvalue weighted by atomic mass is 15.0. The number of aromatic nitrogens is 1. The van der Waals surface area contributed by atoms with Gasteiger partial charge in [0.15, 0.2) is 0 Å². The molecule has 0 aliphatic heterocycles. The van der Waals surface area contributed by atoms with Gasteiger partial charge in [-0.2, -0.15) is 5.26 Å². The molecule has 0 amide bonds. The summed E-state index contributed by atoms with van der Waals surface area (Å²) in [7, 11) is 0. The first-order chi connectivity index (χ1) is 11.3. The summed E-state index contributed by atoms with van der Waals surface area (Å²) in [6, 6.07) is 24.3. The van der Waals surface area contributed by atoms with Gasteiger partial charge in [0.2, 0.25) is 0 Å². The van der Waals surface area contributed by atoms with Gasteiger partial charge in [0.1, 0.15) is 11.9 Å². The van der Waals surface area contributed by atoms with Gasteiger partial charge < -0.3 is 5.32 Å². The predicted octanol–water partition coefficient (Wildman–Crippen LogP) is 4.54. The number of hydrogen-bond donors (Lipinski definition) is 1. The van der Waals surface area contributed by atoms with Crippen molar-refractivity contribution in [1.29, 1.82) is 5.26 Å². The van der Waals surface area contributed by atoms with Crippen molar-refractivity contribution in [3.8, 4) is 17.3 Å². The molecular weight excluding hydrogens is 282 g/mol. The molecule has 0 spiro atoms. The van der Waals surface area contributed by atoms with Crippen molar-refractivity contribution in [1.82, 2.24) is 4.98 Å². The van der Waals surface area contributed by atoms with Crippen LogP contribution in [0.25, 0.3) is 11.3 Å². The van der Waals surface area contributed by atoms with Crippen LogP contribution < -0.4 is 5.32 Å². The molecule has 0 saturated heterocycles. The van der Waals surface area contributed by atoms with Crippen molar-refractivity contribution in [3.05, 3.63) is 83.4 Å². The van der Waals surface area contributed by atoms with E-state index >= 15 is 0 Å². The molecule has 23 heavy (non-hydrogen) atoms. The van der Waals surface area contributed by atoms with Crippen LogP contribution in [0.4, 0.5) is 5.82 Å². The summed E-state index contributed by atoms with van der Waals surface area (Å²) in [6.45, 7) is 2.58. The number of nitriles is 1. The summed E-state index contributed by atoms with van der Waals surface area (Å²) in [4.78, 5) is 4.66. The first-order valence-corrected chi connectivity index (χ1v) is 7.53. The van der Waals surface area contributed by atoms with Crippen LogP contribution in [0.5, 0.6) is 0 Å². The largest absolute Gasteiger partial charge is 0.365 e. The van der Waals surface area contributed by atoms with E-state index in [1.807, 2.05) is 73.7 Å². The summed E-state index contributed by atoms with van der Waals surface area (Å²) in [5, 5.41) is 12.7. The lowest BCUT2D eigenvalue weighted by atomic mass is 10.1. The summed E-state index contributed by atoms with van der Waals surface area (Å²) < 4.78 is 0. The fraction of sp³-hybridized carbons (Fsp3) is 0.100. The van der Waals surface area contributed by atoms with E-state index in [1.165, 1.54) is 0 Å². The Kier molecular flexibility index (Phi) is 4.35. The van der Waals surface area contributed by atoms with Crippen LogP contribution in [0.15, 0.2) is 66.7 Å². The average molecular weight is 299 g/mol. The maximum atomic E-state index is 9.43. The highest BCUT2D eigenvalue weighted by Crippen LogP contribution is 2.25. The van der Waals surface area contributed by atoms with Gasteiger partial charge in [0, 0.05) is 12.1 Å². The van der Waals surface area contributed by atoms with Crippen LogP contribution in [0.2, 0.25) is 0 Å².